The van der Waals surface area contributed by atoms with E-state index in [-0.39, 0.29) is 0 Å². The van der Waals surface area contributed by atoms with E-state index in [9.17, 15) is 13.2 Å². The minimum absolute atomic E-state index is 0.533. The topological polar surface area (TPSA) is 12.9 Å². The van der Waals surface area contributed by atoms with E-state index in [0.717, 1.165) is 35.4 Å². The van der Waals surface area contributed by atoms with Crippen LogP contribution in [0.2, 0.25) is 0 Å². The van der Waals surface area contributed by atoms with E-state index in [1.54, 1.807) is 0 Å². The van der Waals surface area contributed by atoms with E-state index in [2.05, 4.69) is 36.2 Å². The van der Waals surface area contributed by atoms with Crippen LogP contribution in [-0.4, -0.2) is 4.98 Å². The van der Waals surface area contributed by atoms with Crippen LogP contribution in [0.15, 0.2) is 66.9 Å². The lowest BCUT2D eigenvalue weighted by Gasteiger charge is -2.09. The molecule has 3 aromatic rings. The molecule has 0 amide bonds. The largest absolute Gasteiger partial charge is 0.417 e. The molecular formula is C24H24F3N. The number of nitrogens with zero attached hydrogens (tertiary/aromatic N) is 1. The fraction of sp³-hybridized carbons (Fsp3) is 0.292. The zero-order chi connectivity index (χ0) is 20.0. The molecule has 0 aliphatic heterocycles. The van der Waals surface area contributed by atoms with E-state index in [1.807, 2.05) is 24.3 Å². The third-order valence-electron chi connectivity index (χ3n) is 4.83. The van der Waals surface area contributed by atoms with Crippen molar-refractivity contribution < 1.29 is 13.2 Å². The minimum atomic E-state index is -4.37. The Labute approximate surface area is 164 Å². The molecule has 1 aromatic heterocycles. The summed E-state index contributed by atoms with van der Waals surface area (Å²) in [7, 11) is 0. The van der Waals surface area contributed by atoms with Crippen molar-refractivity contribution in [1.29, 1.82) is 0 Å². The summed E-state index contributed by atoms with van der Waals surface area (Å²) in [6, 6.07) is 18.8. The SMILES string of the molecule is CCCCCCc1cccc(-c2cccc(-c3ccc(C(F)(F)F)cn3)c2)c1. The summed E-state index contributed by atoms with van der Waals surface area (Å²) in [6.45, 7) is 2.21. The molecule has 0 N–H and O–H groups in total. The maximum Gasteiger partial charge on any atom is 0.417 e. The van der Waals surface area contributed by atoms with Crippen LogP contribution in [0.4, 0.5) is 13.2 Å². The van der Waals surface area contributed by atoms with Gasteiger partial charge in [0.05, 0.1) is 11.3 Å². The average Bonchev–Trinajstić information content (AvgIpc) is 2.71. The molecule has 0 radical (unpaired) electrons. The third-order valence-corrected chi connectivity index (χ3v) is 4.83. The van der Waals surface area contributed by atoms with Crippen LogP contribution in [0.5, 0.6) is 0 Å². The zero-order valence-corrected chi connectivity index (χ0v) is 16.0. The number of hydrogen-bond acceptors (Lipinski definition) is 1. The Kier molecular flexibility index (Phi) is 6.50. The number of pyridine rings is 1. The molecule has 0 aliphatic rings. The van der Waals surface area contributed by atoms with Crippen molar-refractivity contribution in [1.82, 2.24) is 4.98 Å². The lowest BCUT2D eigenvalue weighted by Crippen LogP contribution is -2.05. The molecular weight excluding hydrogens is 359 g/mol. The third kappa shape index (κ3) is 5.22. The first-order valence-electron chi connectivity index (χ1n) is 9.70. The Morgan fingerprint density at radius 2 is 1.50 bits per heavy atom. The highest BCUT2D eigenvalue weighted by Gasteiger charge is 2.30. The van der Waals surface area contributed by atoms with Crippen molar-refractivity contribution in [3.05, 3.63) is 78.0 Å². The van der Waals surface area contributed by atoms with Gasteiger partial charge >= 0.3 is 6.18 Å². The highest BCUT2D eigenvalue weighted by Crippen LogP contribution is 2.31. The lowest BCUT2D eigenvalue weighted by molar-refractivity contribution is -0.137. The van der Waals surface area contributed by atoms with Gasteiger partial charge in [-0.3, -0.25) is 4.98 Å². The number of benzene rings is 2. The van der Waals surface area contributed by atoms with Gasteiger partial charge in [0.1, 0.15) is 0 Å². The molecule has 0 fully saturated rings. The molecule has 4 heteroatoms. The molecule has 0 saturated heterocycles. The number of halogens is 3. The van der Waals surface area contributed by atoms with Crippen molar-refractivity contribution in [2.45, 2.75) is 45.2 Å². The van der Waals surface area contributed by atoms with Gasteiger partial charge < -0.3 is 0 Å². The van der Waals surface area contributed by atoms with Gasteiger partial charge in [-0.05, 0) is 47.7 Å². The normalized spacial score (nSPS) is 11.6. The zero-order valence-electron chi connectivity index (χ0n) is 16.0. The number of hydrogen-bond donors (Lipinski definition) is 0. The molecule has 2 aromatic carbocycles. The molecule has 0 atom stereocenters. The minimum Gasteiger partial charge on any atom is -0.256 e. The summed E-state index contributed by atoms with van der Waals surface area (Å²) >= 11 is 0. The maximum absolute atomic E-state index is 12.7. The predicted molar refractivity (Wildman–Crippen MR) is 108 cm³/mol. The molecule has 0 aliphatic carbocycles. The Morgan fingerprint density at radius 1 is 0.786 bits per heavy atom. The standard InChI is InChI=1S/C24H24F3N/c1-2-3-4-5-8-18-9-6-10-19(15-18)20-11-7-12-21(16-20)23-14-13-22(17-28-23)24(25,26)27/h6-7,9-17H,2-5,8H2,1H3. The molecule has 1 nitrogen and oxygen atoms in total. The average molecular weight is 383 g/mol. The van der Waals surface area contributed by atoms with Gasteiger partial charge in [-0.2, -0.15) is 13.2 Å². The van der Waals surface area contributed by atoms with Crippen molar-refractivity contribution >= 4 is 0 Å². The smallest absolute Gasteiger partial charge is 0.256 e. The molecule has 0 unspecified atom stereocenters. The highest BCUT2D eigenvalue weighted by molar-refractivity contribution is 5.71. The first-order valence-corrected chi connectivity index (χ1v) is 9.70. The van der Waals surface area contributed by atoms with Crippen molar-refractivity contribution in [2.24, 2.45) is 0 Å². The maximum atomic E-state index is 12.7. The van der Waals surface area contributed by atoms with Gasteiger partial charge in [-0.25, -0.2) is 0 Å². The fourth-order valence-electron chi connectivity index (χ4n) is 3.25. The first-order chi connectivity index (χ1) is 13.5. The molecule has 1 heterocycles. The van der Waals surface area contributed by atoms with Crippen LogP contribution in [-0.2, 0) is 12.6 Å². The second-order valence-electron chi connectivity index (χ2n) is 7.02. The van der Waals surface area contributed by atoms with Gasteiger partial charge in [-0.1, -0.05) is 68.7 Å². The van der Waals surface area contributed by atoms with Gasteiger partial charge in [-0.15, -0.1) is 0 Å². The second-order valence-corrected chi connectivity index (χ2v) is 7.02. The molecule has 0 spiro atoms. The Bertz CT molecular complexity index is 898. The number of rotatable bonds is 7. The van der Waals surface area contributed by atoms with E-state index in [4.69, 9.17) is 0 Å². The Balaban J connectivity index is 1.80. The number of aryl methyl sites for hydroxylation is 1. The summed E-state index contributed by atoms with van der Waals surface area (Å²) in [6.07, 6.45) is 2.51. The number of unbranched alkanes of at least 4 members (excludes halogenated alkanes) is 3. The van der Waals surface area contributed by atoms with Crippen molar-refractivity contribution in [3.63, 3.8) is 0 Å². The number of alkyl halides is 3. The lowest BCUT2D eigenvalue weighted by atomic mass is 9.98. The van der Waals surface area contributed by atoms with Crippen LogP contribution >= 0.6 is 0 Å². The fourth-order valence-corrected chi connectivity index (χ4v) is 3.25. The van der Waals surface area contributed by atoms with Crippen LogP contribution in [0.25, 0.3) is 22.4 Å². The Hall–Kier alpha value is -2.62. The monoisotopic (exact) mass is 383 g/mol. The van der Waals surface area contributed by atoms with E-state index in [0.29, 0.717) is 5.69 Å². The Morgan fingerprint density at radius 3 is 2.18 bits per heavy atom. The van der Waals surface area contributed by atoms with Gasteiger partial charge in [0.25, 0.3) is 0 Å². The highest BCUT2D eigenvalue weighted by atomic mass is 19.4. The predicted octanol–water partition coefficient (Wildman–Crippen LogP) is 7.56. The summed E-state index contributed by atoms with van der Waals surface area (Å²) < 4.78 is 38.2. The van der Waals surface area contributed by atoms with Crippen LogP contribution < -0.4 is 0 Å². The van der Waals surface area contributed by atoms with Crippen LogP contribution in [0.3, 0.4) is 0 Å². The van der Waals surface area contributed by atoms with Crippen molar-refractivity contribution in [3.8, 4) is 22.4 Å². The molecule has 28 heavy (non-hydrogen) atoms. The summed E-state index contributed by atoms with van der Waals surface area (Å²) in [5.74, 6) is 0. The van der Waals surface area contributed by atoms with E-state index >= 15 is 0 Å². The quantitative estimate of drug-likeness (QED) is 0.384. The second kappa shape index (κ2) is 9.05. The summed E-state index contributed by atoms with van der Waals surface area (Å²) in [5.41, 5.74) is 4.07. The molecule has 3 rings (SSSR count). The summed E-state index contributed by atoms with van der Waals surface area (Å²) in [5, 5.41) is 0. The summed E-state index contributed by atoms with van der Waals surface area (Å²) in [4.78, 5) is 4.01. The van der Waals surface area contributed by atoms with E-state index in [1.165, 1.54) is 37.3 Å². The van der Waals surface area contributed by atoms with Gasteiger partial charge in [0.2, 0.25) is 0 Å². The van der Waals surface area contributed by atoms with Gasteiger partial charge in [0, 0.05) is 11.8 Å². The van der Waals surface area contributed by atoms with E-state index < -0.39 is 11.7 Å². The molecule has 146 valence electrons. The first kappa shape index (κ1) is 20.1. The molecule has 0 saturated carbocycles. The van der Waals surface area contributed by atoms with Gasteiger partial charge in [0.15, 0.2) is 0 Å². The molecule has 0 bridgehead atoms. The number of aromatic nitrogens is 1. The van der Waals surface area contributed by atoms with Crippen LogP contribution in [0.1, 0.15) is 43.7 Å². The van der Waals surface area contributed by atoms with Crippen molar-refractivity contribution in [2.75, 3.05) is 0 Å². The van der Waals surface area contributed by atoms with Crippen LogP contribution in [0, 0.1) is 0 Å².